The van der Waals surface area contributed by atoms with Crippen LogP contribution in [0.3, 0.4) is 0 Å². The molecule has 37 heavy (non-hydrogen) atoms. The summed E-state index contributed by atoms with van der Waals surface area (Å²) in [7, 11) is 1.89. The number of carbonyl (C=O) groups is 4. The van der Waals surface area contributed by atoms with Crippen molar-refractivity contribution in [3.8, 4) is 0 Å². The predicted octanol–water partition coefficient (Wildman–Crippen LogP) is -0.377. The quantitative estimate of drug-likeness (QED) is 0.144. The summed E-state index contributed by atoms with van der Waals surface area (Å²) in [6, 6.07) is 5.86. The van der Waals surface area contributed by atoms with Crippen molar-refractivity contribution in [2.24, 2.45) is 0 Å². The van der Waals surface area contributed by atoms with E-state index < -0.39 is 18.0 Å². The third-order valence-electron chi connectivity index (χ3n) is 5.95. The largest absolute Gasteiger partial charge is 0.370 e. The highest BCUT2D eigenvalue weighted by atomic mass is 16.2. The number of hydrogen-bond acceptors (Lipinski definition) is 8. The Labute approximate surface area is 215 Å². The highest BCUT2D eigenvalue weighted by molar-refractivity contribution is 6.35. The summed E-state index contributed by atoms with van der Waals surface area (Å²) in [5.41, 5.74) is 2.29. The summed E-state index contributed by atoms with van der Waals surface area (Å²) in [6.45, 7) is 2.51. The van der Waals surface area contributed by atoms with E-state index in [1.807, 2.05) is 32.1 Å². The van der Waals surface area contributed by atoms with Crippen LogP contribution in [-0.4, -0.2) is 78.8 Å². The molecule has 0 aliphatic carbocycles. The first-order valence-electron chi connectivity index (χ1n) is 12.3. The first-order chi connectivity index (χ1) is 17.9. The van der Waals surface area contributed by atoms with Crippen LogP contribution in [0.4, 0.5) is 32.7 Å². The molecule has 6 amide bonds. The minimum Gasteiger partial charge on any atom is -0.370 e. The molecule has 0 bridgehead atoms. The number of imide groups is 1. The van der Waals surface area contributed by atoms with Crippen molar-refractivity contribution in [1.82, 2.24) is 30.8 Å². The highest BCUT2D eigenvalue weighted by Gasteiger charge is 2.31. The Morgan fingerprint density at radius 3 is 2.68 bits per heavy atom. The van der Waals surface area contributed by atoms with Crippen molar-refractivity contribution in [1.29, 1.82) is 0 Å². The number of likely N-dealkylation sites (tertiary alicyclic amines) is 1. The molecule has 6 N–H and O–H groups in total. The molecule has 1 aromatic carbocycles. The van der Waals surface area contributed by atoms with Gasteiger partial charge < -0.3 is 31.5 Å². The molecule has 194 valence electrons. The van der Waals surface area contributed by atoms with Crippen LogP contribution in [0.2, 0.25) is 0 Å². The summed E-state index contributed by atoms with van der Waals surface area (Å²) in [6.07, 6.45) is 4.30. The van der Waals surface area contributed by atoms with E-state index in [2.05, 4.69) is 41.9 Å². The molecule has 0 radical (unpaired) electrons. The van der Waals surface area contributed by atoms with Gasteiger partial charge in [0.15, 0.2) is 0 Å². The van der Waals surface area contributed by atoms with Gasteiger partial charge in [-0.2, -0.15) is 4.98 Å². The van der Waals surface area contributed by atoms with Crippen molar-refractivity contribution in [3.63, 3.8) is 0 Å². The van der Waals surface area contributed by atoms with E-state index >= 15 is 0 Å². The van der Waals surface area contributed by atoms with Crippen LogP contribution in [0.15, 0.2) is 30.5 Å². The minimum absolute atomic E-state index is 0.0975. The zero-order chi connectivity index (χ0) is 26.2. The maximum Gasteiger partial charge on any atom is 0.322 e. The monoisotopic (exact) mass is 507 g/mol. The summed E-state index contributed by atoms with van der Waals surface area (Å²) in [4.78, 5) is 57.7. The summed E-state index contributed by atoms with van der Waals surface area (Å²) >= 11 is 0. The van der Waals surface area contributed by atoms with E-state index in [9.17, 15) is 19.2 Å². The average molecular weight is 507 g/mol. The smallest absolute Gasteiger partial charge is 0.322 e. The molecule has 1 unspecified atom stereocenters. The van der Waals surface area contributed by atoms with E-state index in [0.29, 0.717) is 37.0 Å². The molecule has 1 atom stereocenters. The van der Waals surface area contributed by atoms with Crippen LogP contribution in [0, 0.1) is 0 Å². The Morgan fingerprint density at radius 1 is 1.14 bits per heavy atom. The number of nitrogens with one attached hydrogen (secondary N) is 6. The van der Waals surface area contributed by atoms with Gasteiger partial charge in [0.25, 0.3) is 5.91 Å². The zero-order valence-corrected chi connectivity index (χ0v) is 20.6. The molecule has 1 aromatic heterocycles. The van der Waals surface area contributed by atoms with Gasteiger partial charge in [-0.25, -0.2) is 14.6 Å². The van der Waals surface area contributed by atoms with Crippen molar-refractivity contribution in [3.05, 3.63) is 30.5 Å². The normalized spacial score (nSPS) is 16.6. The SMILES string of the molecule is Bc1cnc(Nc2cccc(NC(=O)N3CCCC3)c2)nc1NCCCNC(=O)CC1NC(=O)NC1=O. The number of carbonyl (C=O) groups excluding carboxylic acids is 4. The average Bonchev–Trinajstić information content (AvgIpc) is 3.51. The molecule has 2 aliphatic heterocycles. The van der Waals surface area contributed by atoms with E-state index in [4.69, 9.17) is 0 Å². The van der Waals surface area contributed by atoms with Crippen molar-refractivity contribution < 1.29 is 19.2 Å². The van der Waals surface area contributed by atoms with Crippen LogP contribution in [-0.2, 0) is 9.59 Å². The molecular weight excluding hydrogens is 477 g/mol. The lowest BCUT2D eigenvalue weighted by molar-refractivity contribution is -0.126. The van der Waals surface area contributed by atoms with E-state index in [-0.39, 0.29) is 18.4 Å². The lowest BCUT2D eigenvalue weighted by Crippen LogP contribution is -2.36. The fourth-order valence-corrected chi connectivity index (χ4v) is 3.99. The van der Waals surface area contributed by atoms with Crippen molar-refractivity contribution in [2.45, 2.75) is 31.7 Å². The molecule has 2 fully saturated rings. The number of urea groups is 2. The summed E-state index contributed by atoms with van der Waals surface area (Å²) in [5, 5.41) is 16.6. The summed E-state index contributed by atoms with van der Waals surface area (Å²) in [5.74, 6) is 0.254. The van der Waals surface area contributed by atoms with Gasteiger partial charge in [0, 0.05) is 43.8 Å². The Bertz CT molecular complexity index is 1170. The molecule has 2 aromatic rings. The highest BCUT2D eigenvalue weighted by Crippen LogP contribution is 2.19. The van der Waals surface area contributed by atoms with Gasteiger partial charge in [0.2, 0.25) is 11.9 Å². The Balaban J connectivity index is 1.22. The molecular formula is C23H30BN9O4. The van der Waals surface area contributed by atoms with Crippen LogP contribution in [0.1, 0.15) is 25.7 Å². The van der Waals surface area contributed by atoms with Gasteiger partial charge in [-0.3, -0.25) is 14.9 Å². The number of amides is 6. The lowest BCUT2D eigenvalue weighted by Gasteiger charge is -2.16. The molecule has 2 aliphatic rings. The third kappa shape index (κ3) is 7.32. The summed E-state index contributed by atoms with van der Waals surface area (Å²) < 4.78 is 0. The Morgan fingerprint density at radius 2 is 1.92 bits per heavy atom. The fourth-order valence-electron chi connectivity index (χ4n) is 3.99. The maximum absolute atomic E-state index is 12.4. The van der Waals surface area contributed by atoms with Gasteiger partial charge >= 0.3 is 12.1 Å². The van der Waals surface area contributed by atoms with Crippen LogP contribution < -0.4 is 37.4 Å². The van der Waals surface area contributed by atoms with E-state index in [1.165, 1.54) is 0 Å². The van der Waals surface area contributed by atoms with Gasteiger partial charge in [-0.05, 0) is 42.9 Å². The molecule has 14 heteroatoms. The first kappa shape index (κ1) is 25.7. The number of nitrogens with zero attached hydrogens (tertiary/aromatic N) is 3. The number of benzene rings is 1. The number of hydrogen-bond donors (Lipinski definition) is 6. The second-order valence-electron chi connectivity index (χ2n) is 8.91. The van der Waals surface area contributed by atoms with E-state index in [0.717, 1.165) is 37.1 Å². The van der Waals surface area contributed by atoms with Crippen LogP contribution in [0.25, 0.3) is 0 Å². The van der Waals surface area contributed by atoms with Crippen LogP contribution >= 0.6 is 0 Å². The Kier molecular flexibility index (Phi) is 8.38. The predicted molar refractivity (Wildman–Crippen MR) is 141 cm³/mol. The number of rotatable bonds is 10. The van der Waals surface area contributed by atoms with Gasteiger partial charge in [-0.1, -0.05) is 6.07 Å². The lowest BCUT2D eigenvalue weighted by atomic mass is 9.99. The second-order valence-corrected chi connectivity index (χ2v) is 8.91. The second kappa shape index (κ2) is 12.1. The topological polar surface area (TPSA) is 169 Å². The van der Waals surface area contributed by atoms with Gasteiger partial charge in [0.05, 0.1) is 6.42 Å². The minimum atomic E-state index is -0.831. The molecule has 0 saturated carbocycles. The van der Waals surface area contributed by atoms with E-state index in [1.54, 1.807) is 11.1 Å². The molecule has 13 nitrogen and oxygen atoms in total. The zero-order valence-electron chi connectivity index (χ0n) is 20.6. The fraction of sp³-hybridized carbons (Fsp3) is 0.391. The standard InChI is InChI=1S/C23H30BN9O4/c24-16-13-27-21(28-14-5-3-6-15(11-14)29-23(37)33-9-1-2-10-33)31-19(16)26-8-4-7-25-18(34)12-17-20(35)32-22(36)30-17/h3,5-6,11,13,17H,1-2,4,7-10,12,24H2,(H,25,34)(H,29,37)(H2,26,27,28,31)(H2,30,32,35,36). The van der Waals surface area contributed by atoms with Crippen molar-refractivity contribution in [2.75, 3.05) is 42.1 Å². The first-order valence-corrected chi connectivity index (χ1v) is 12.3. The van der Waals surface area contributed by atoms with Gasteiger partial charge in [-0.15, -0.1) is 0 Å². The van der Waals surface area contributed by atoms with Crippen LogP contribution in [0.5, 0.6) is 0 Å². The molecule has 3 heterocycles. The van der Waals surface area contributed by atoms with Gasteiger partial charge in [0.1, 0.15) is 19.7 Å². The van der Waals surface area contributed by atoms with Crippen molar-refractivity contribution >= 4 is 60.3 Å². The Hall–Kier alpha value is -4.36. The maximum atomic E-state index is 12.4. The molecule has 0 spiro atoms. The molecule has 4 rings (SSSR count). The number of aromatic nitrogens is 2. The third-order valence-corrected chi connectivity index (χ3v) is 5.95. The number of anilines is 4. The molecule has 2 saturated heterocycles.